The fraction of sp³-hybridized carbons (Fsp3) is 0.385. The summed E-state index contributed by atoms with van der Waals surface area (Å²) in [6.07, 6.45) is 0.621. The SMILES string of the molecule is CC(C)c1nc(CCN)n(-c2cccc(F)c2)n1. The Morgan fingerprint density at radius 3 is 2.78 bits per heavy atom. The molecule has 0 aliphatic rings. The fourth-order valence-electron chi connectivity index (χ4n) is 1.71. The standard InChI is InChI=1S/C13H17FN4/c1-9(2)13-16-12(6-7-15)18(17-13)11-5-3-4-10(14)8-11/h3-5,8-9H,6-7,15H2,1-2H3. The molecule has 0 spiro atoms. The molecule has 2 N–H and O–H groups in total. The highest BCUT2D eigenvalue weighted by molar-refractivity contribution is 5.32. The molecule has 1 aromatic heterocycles. The van der Waals surface area contributed by atoms with Crippen LogP contribution >= 0.6 is 0 Å². The van der Waals surface area contributed by atoms with Gasteiger partial charge in [-0.25, -0.2) is 14.1 Å². The van der Waals surface area contributed by atoms with Gasteiger partial charge in [-0.1, -0.05) is 19.9 Å². The summed E-state index contributed by atoms with van der Waals surface area (Å²) in [5, 5.41) is 4.42. The Hall–Kier alpha value is -1.75. The Labute approximate surface area is 106 Å². The van der Waals surface area contributed by atoms with Crippen LogP contribution in [0.4, 0.5) is 4.39 Å². The predicted octanol–water partition coefficient (Wildman–Crippen LogP) is 2.03. The lowest BCUT2D eigenvalue weighted by atomic mass is 10.2. The fourth-order valence-corrected chi connectivity index (χ4v) is 1.71. The van der Waals surface area contributed by atoms with E-state index < -0.39 is 0 Å². The zero-order chi connectivity index (χ0) is 13.1. The Morgan fingerprint density at radius 1 is 1.39 bits per heavy atom. The first kappa shape index (κ1) is 12.7. The molecule has 0 saturated heterocycles. The van der Waals surface area contributed by atoms with Crippen molar-refractivity contribution < 1.29 is 4.39 Å². The highest BCUT2D eigenvalue weighted by Gasteiger charge is 2.13. The van der Waals surface area contributed by atoms with Crippen LogP contribution in [0.15, 0.2) is 24.3 Å². The number of rotatable bonds is 4. The zero-order valence-corrected chi connectivity index (χ0v) is 10.6. The summed E-state index contributed by atoms with van der Waals surface area (Å²) in [5.41, 5.74) is 6.25. The van der Waals surface area contributed by atoms with Crippen molar-refractivity contribution in [3.05, 3.63) is 41.7 Å². The molecule has 0 bridgehead atoms. The molecule has 0 saturated carbocycles. The van der Waals surface area contributed by atoms with Gasteiger partial charge in [0, 0.05) is 12.3 Å². The van der Waals surface area contributed by atoms with Crippen LogP contribution in [0.2, 0.25) is 0 Å². The largest absolute Gasteiger partial charge is 0.330 e. The number of nitrogens with two attached hydrogens (primary N) is 1. The monoisotopic (exact) mass is 248 g/mol. The minimum Gasteiger partial charge on any atom is -0.330 e. The van der Waals surface area contributed by atoms with Gasteiger partial charge in [-0.15, -0.1) is 0 Å². The maximum absolute atomic E-state index is 13.2. The van der Waals surface area contributed by atoms with Crippen molar-refractivity contribution in [3.8, 4) is 5.69 Å². The molecule has 0 aliphatic heterocycles. The van der Waals surface area contributed by atoms with E-state index in [1.54, 1.807) is 10.7 Å². The third kappa shape index (κ3) is 2.56. The van der Waals surface area contributed by atoms with E-state index in [0.29, 0.717) is 18.7 Å². The van der Waals surface area contributed by atoms with Crippen molar-refractivity contribution in [1.29, 1.82) is 0 Å². The molecule has 0 unspecified atom stereocenters. The average Bonchev–Trinajstić information content (AvgIpc) is 2.74. The molecule has 5 heteroatoms. The predicted molar refractivity (Wildman–Crippen MR) is 68.2 cm³/mol. The lowest BCUT2D eigenvalue weighted by Gasteiger charge is -2.04. The topological polar surface area (TPSA) is 56.7 Å². The molecule has 2 rings (SSSR count). The van der Waals surface area contributed by atoms with Crippen LogP contribution in [0, 0.1) is 5.82 Å². The minimum absolute atomic E-state index is 0.233. The van der Waals surface area contributed by atoms with Gasteiger partial charge in [0.15, 0.2) is 5.82 Å². The van der Waals surface area contributed by atoms with Gasteiger partial charge in [-0.3, -0.25) is 0 Å². The van der Waals surface area contributed by atoms with E-state index in [9.17, 15) is 4.39 Å². The summed E-state index contributed by atoms with van der Waals surface area (Å²) >= 11 is 0. The lowest BCUT2D eigenvalue weighted by Crippen LogP contribution is -2.09. The summed E-state index contributed by atoms with van der Waals surface area (Å²) in [5.74, 6) is 1.47. The summed E-state index contributed by atoms with van der Waals surface area (Å²) in [4.78, 5) is 4.45. The van der Waals surface area contributed by atoms with Crippen LogP contribution < -0.4 is 5.73 Å². The van der Waals surface area contributed by atoms with Crippen LogP contribution in [-0.2, 0) is 6.42 Å². The number of nitrogens with zero attached hydrogens (tertiary/aromatic N) is 3. The lowest BCUT2D eigenvalue weighted by molar-refractivity contribution is 0.624. The molecular formula is C13H17FN4. The van der Waals surface area contributed by atoms with Crippen LogP contribution in [-0.4, -0.2) is 21.3 Å². The molecule has 1 heterocycles. The molecule has 96 valence electrons. The van der Waals surface area contributed by atoms with E-state index in [0.717, 1.165) is 11.6 Å². The van der Waals surface area contributed by atoms with E-state index in [1.807, 2.05) is 19.9 Å². The highest BCUT2D eigenvalue weighted by Crippen LogP contribution is 2.16. The van der Waals surface area contributed by atoms with E-state index in [2.05, 4.69) is 10.1 Å². The highest BCUT2D eigenvalue weighted by atomic mass is 19.1. The first-order valence-corrected chi connectivity index (χ1v) is 6.03. The minimum atomic E-state index is -0.284. The Morgan fingerprint density at radius 2 is 2.17 bits per heavy atom. The summed E-state index contributed by atoms with van der Waals surface area (Å²) in [7, 11) is 0. The molecule has 1 aromatic carbocycles. The van der Waals surface area contributed by atoms with Crippen LogP contribution in [0.5, 0.6) is 0 Å². The number of halogens is 1. The van der Waals surface area contributed by atoms with Gasteiger partial charge in [0.25, 0.3) is 0 Å². The maximum Gasteiger partial charge on any atom is 0.153 e. The molecule has 0 radical (unpaired) electrons. The van der Waals surface area contributed by atoms with Crippen LogP contribution in [0.3, 0.4) is 0 Å². The molecule has 0 atom stereocenters. The Bertz CT molecular complexity index is 534. The van der Waals surface area contributed by atoms with Crippen molar-refractivity contribution in [3.63, 3.8) is 0 Å². The smallest absolute Gasteiger partial charge is 0.153 e. The van der Waals surface area contributed by atoms with Crippen LogP contribution in [0.1, 0.15) is 31.4 Å². The van der Waals surface area contributed by atoms with Gasteiger partial charge in [0.1, 0.15) is 11.6 Å². The van der Waals surface area contributed by atoms with Gasteiger partial charge in [-0.2, -0.15) is 5.10 Å². The second kappa shape index (κ2) is 5.27. The Balaban J connectivity index is 2.47. The maximum atomic E-state index is 13.2. The Kier molecular flexibility index (Phi) is 3.72. The average molecular weight is 248 g/mol. The van der Waals surface area contributed by atoms with Crippen molar-refractivity contribution in [2.45, 2.75) is 26.2 Å². The van der Waals surface area contributed by atoms with Gasteiger partial charge in [-0.05, 0) is 24.7 Å². The van der Waals surface area contributed by atoms with Gasteiger partial charge in [0.2, 0.25) is 0 Å². The van der Waals surface area contributed by atoms with E-state index >= 15 is 0 Å². The summed E-state index contributed by atoms with van der Waals surface area (Å²) < 4.78 is 14.9. The van der Waals surface area contributed by atoms with E-state index in [-0.39, 0.29) is 11.7 Å². The van der Waals surface area contributed by atoms with Crippen molar-refractivity contribution in [2.75, 3.05) is 6.54 Å². The first-order chi connectivity index (χ1) is 8.61. The van der Waals surface area contributed by atoms with Crippen molar-refractivity contribution in [2.24, 2.45) is 5.73 Å². The number of benzene rings is 1. The molecule has 0 aliphatic carbocycles. The molecule has 0 amide bonds. The second-order valence-corrected chi connectivity index (χ2v) is 4.47. The normalized spacial score (nSPS) is 11.2. The van der Waals surface area contributed by atoms with Gasteiger partial charge < -0.3 is 5.73 Å². The third-order valence-corrected chi connectivity index (χ3v) is 2.63. The molecule has 2 aromatic rings. The number of hydrogen-bond donors (Lipinski definition) is 1. The molecule has 18 heavy (non-hydrogen) atoms. The van der Waals surface area contributed by atoms with Crippen LogP contribution in [0.25, 0.3) is 5.69 Å². The summed E-state index contributed by atoms with van der Waals surface area (Å²) in [6.45, 7) is 4.54. The van der Waals surface area contributed by atoms with Gasteiger partial charge >= 0.3 is 0 Å². The molecule has 0 fully saturated rings. The van der Waals surface area contributed by atoms with Crippen molar-refractivity contribution in [1.82, 2.24) is 14.8 Å². The third-order valence-electron chi connectivity index (χ3n) is 2.63. The first-order valence-electron chi connectivity index (χ1n) is 6.03. The summed E-state index contributed by atoms with van der Waals surface area (Å²) in [6, 6.07) is 6.32. The van der Waals surface area contributed by atoms with E-state index in [4.69, 9.17) is 5.73 Å². The number of aromatic nitrogens is 3. The van der Waals surface area contributed by atoms with Gasteiger partial charge in [0.05, 0.1) is 5.69 Å². The van der Waals surface area contributed by atoms with E-state index in [1.165, 1.54) is 12.1 Å². The zero-order valence-electron chi connectivity index (χ0n) is 10.6. The second-order valence-electron chi connectivity index (χ2n) is 4.47. The molecular weight excluding hydrogens is 231 g/mol. The molecule has 4 nitrogen and oxygen atoms in total. The van der Waals surface area contributed by atoms with Crippen molar-refractivity contribution >= 4 is 0 Å². The number of hydrogen-bond acceptors (Lipinski definition) is 3. The quantitative estimate of drug-likeness (QED) is 0.900.